The summed E-state index contributed by atoms with van der Waals surface area (Å²) in [6, 6.07) is 11.4. The second-order valence-electron chi connectivity index (χ2n) is 8.40. The Kier molecular flexibility index (Phi) is 5.60. The second-order valence-corrected chi connectivity index (χ2v) is 8.40. The van der Waals surface area contributed by atoms with Crippen molar-refractivity contribution >= 4 is 0 Å². The van der Waals surface area contributed by atoms with Crippen molar-refractivity contribution < 1.29 is 5.11 Å². The van der Waals surface area contributed by atoms with Crippen LogP contribution >= 0.6 is 0 Å². The van der Waals surface area contributed by atoms with Crippen LogP contribution in [0.3, 0.4) is 0 Å². The lowest BCUT2D eigenvalue weighted by Gasteiger charge is -2.30. The molecule has 1 saturated carbocycles. The highest BCUT2D eigenvalue weighted by Gasteiger charge is 2.42. The molecule has 0 aromatic heterocycles. The quantitative estimate of drug-likeness (QED) is 0.799. The van der Waals surface area contributed by atoms with Gasteiger partial charge in [-0.1, -0.05) is 30.3 Å². The Hall–Kier alpha value is -0.940. The molecule has 0 spiro atoms. The molecule has 2 fully saturated rings. The first-order valence-corrected chi connectivity index (χ1v) is 9.30. The van der Waals surface area contributed by atoms with Crippen LogP contribution in [-0.2, 0) is 6.54 Å². The predicted octanol–water partition coefficient (Wildman–Crippen LogP) is 1.80. The molecule has 1 aromatic rings. The van der Waals surface area contributed by atoms with E-state index in [1.807, 2.05) is 21.0 Å². The average Bonchev–Trinajstić information content (AvgIpc) is 3.05. The van der Waals surface area contributed by atoms with E-state index < -0.39 is 5.60 Å². The fourth-order valence-corrected chi connectivity index (χ4v) is 4.67. The van der Waals surface area contributed by atoms with Crippen LogP contribution < -0.4 is 5.32 Å². The molecule has 2 aliphatic rings. The number of nitrogens with one attached hydrogen (secondary N) is 1. The maximum absolute atomic E-state index is 10.5. The maximum Gasteiger partial charge on any atom is 0.0869 e. The van der Waals surface area contributed by atoms with Gasteiger partial charge in [-0.2, -0.15) is 0 Å². The highest BCUT2D eigenvalue weighted by atomic mass is 16.3. The van der Waals surface area contributed by atoms with Crippen LogP contribution in [-0.4, -0.2) is 66.8 Å². The van der Waals surface area contributed by atoms with E-state index in [1.54, 1.807) is 0 Å². The molecule has 0 amide bonds. The summed E-state index contributed by atoms with van der Waals surface area (Å²) in [6.07, 6.45) is 2.58. The van der Waals surface area contributed by atoms with Crippen LogP contribution in [0.2, 0.25) is 0 Å². The summed E-state index contributed by atoms with van der Waals surface area (Å²) in [4.78, 5) is 4.66. The van der Waals surface area contributed by atoms with Crippen LogP contribution in [0.4, 0.5) is 0 Å². The van der Waals surface area contributed by atoms with Crippen LogP contribution in [0.15, 0.2) is 30.3 Å². The Balaban J connectivity index is 1.50. The lowest BCUT2D eigenvalue weighted by Crippen LogP contribution is -2.49. The van der Waals surface area contributed by atoms with Gasteiger partial charge in [0.25, 0.3) is 0 Å². The van der Waals surface area contributed by atoms with E-state index in [-0.39, 0.29) is 0 Å². The van der Waals surface area contributed by atoms with Crippen molar-refractivity contribution in [1.29, 1.82) is 0 Å². The Bertz CT molecular complexity index is 517. The van der Waals surface area contributed by atoms with E-state index in [9.17, 15) is 5.11 Å². The Morgan fingerprint density at radius 2 is 1.96 bits per heavy atom. The van der Waals surface area contributed by atoms with Gasteiger partial charge in [0.1, 0.15) is 0 Å². The summed E-state index contributed by atoms with van der Waals surface area (Å²) in [6.45, 7) is 6.79. The van der Waals surface area contributed by atoms with Gasteiger partial charge in [0, 0.05) is 38.8 Å². The highest BCUT2D eigenvalue weighted by molar-refractivity contribution is 5.15. The second kappa shape index (κ2) is 7.52. The van der Waals surface area contributed by atoms with E-state index >= 15 is 0 Å². The molecule has 134 valence electrons. The number of benzene rings is 1. The minimum atomic E-state index is -0.663. The van der Waals surface area contributed by atoms with E-state index in [0.717, 1.165) is 18.4 Å². The molecule has 1 saturated heterocycles. The molecule has 1 aliphatic heterocycles. The summed E-state index contributed by atoms with van der Waals surface area (Å²) >= 11 is 0. The minimum Gasteiger partial charge on any atom is -0.388 e. The fourth-order valence-electron chi connectivity index (χ4n) is 4.67. The van der Waals surface area contributed by atoms with Crippen LogP contribution in [0.5, 0.6) is 0 Å². The van der Waals surface area contributed by atoms with Crippen LogP contribution in [0, 0.1) is 11.8 Å². The third kappa shape index (κ3) is 4.57. The van der Waals surface area contributed by atoms with Gasteiger partial charge in [0.2, 0.25) is 0 Å². The van der Waals surface area contributed by atoms with Gasteiger partial charge in [-0.05, 0) is 51.3 Å². The number of aliphatic hydroxyl groups is 1. The number of nitrogens with zero attached hydrogens (tertiary/aromatic N) is 2. The molecule has 1 aromatic carbocycles. The summed E-state index contributed by atoms with van der Waals surface area (Å²) in [5.41, 5.74) is 0.750. The highest BCUT2D eigenvalue weighted by Crippen LogP contribution is 2.38. The molecule has 1 heterocycles. The molecule has 2 N–H and O–H groups in total. The Morgan fingerprint density at radius 1 is 1.21 bits per heavy atom. The van der Waals surface area contributed by atoms with Crippen molar-refractivity contribution in [1.82, 2.24) is 15.1 Å². The average molecular weight is 332 g/mol. The predicted molar refractivity (Wildman–Crippen MR) is 98.9 cm³/mol. The van der Waals surface area contributed by atoms with Gasteiger partial charge in [0.05, 0.1) is 5.60 Å². The zero-order valence-corrected chi connectivity index (χ0v) is 15.4. The van der Waals surface area contributed by atoms with Gasteiger partial charge in [-0.15, -0.1) is 0 Å². The summed E-state index contributed by atoms with van der Waals surface area (Å²) in [7, 11) is 4.02. The molecule has 4 nitrogen and oxygen atoms in total. The molecule has 4 atom stereocenters. The van der Waals surface area contributed by atoms with E-state index in [2.05, 4.69) is 45.4 Å². The topological polar surface area (TPSA) is 38.7 Å². The van der Waals surface area contributed by atoms with Crippen molar-refractivity contribution in [2.75, 3.05) is 40.3 Å². The lowest BCUT2D eigenvalue weighted by molar-refractivity contribution is 0.0300. The summed E-state index contributed by atoms with van der Waals surface area (Å²) < 4.78 is 0. The lowest BCUT2D eigenvalue weighted by atomic mass is 9.97. The molecular formula is C20H33N3O. The summed E-state index contributed by atoms with van der Waals surface area (Å²) in [5, 5.41) is 14.2. The fraction of sp³-hybridized carbons (Fsp3) is 0.700. The largest absolute Gasteiger partial charge is 0.388 e. The summed E-state index contributed by atoms with van der Waals surface area (Å²) in [5.74, 6) is 1.56. The molecule has 1 aliphatic carbocycles. The van der Waals surface area contributed by atoms with Gasteiger partial charge in [-0.25, -0.2) is 0 Å². The van der Waals surface area contributed by atoms with Crippen molar-refractivity contribution in [2.24, 2.45) is 11.8 Å². The third-order valence-corrected chi connectivity index (χ3v) is 5.58. The standard InChI is InChI=1S/C20H33N3O/c1-20(24,15-22(2)3)14-21-19-10-9-17-12-23(13-18(17)19)11-16-7-5-4-6-8-16/h4-8,17-19,21,24H,9-15H2,1-3H3. The van der Waals surface area contributed by atoms with Gasteiger partial charge in [-0.3, -0.25) is 4.90 Å². The molecule has 24 heavy (non-hydrogen) atoms. The van der Waals surface area contributed by atoms with E-state index in [1.165, 1.54) is 31.5 Å². The number of rotatable bonds is 7. The first-order valence-electron chi connectivity index (χ1n) is 9.30. The van der Waals surface area contributed by atoms with Crippen molar-refractivity contribution in [3.63, 3.8) is 0 Å². The Labute approximate surface area is 146 Å². The first kappa shape index (κ1) is 17.9. The number of hydrogen-bond acceptors (Lipinski definition) is 4. The molecule has 0 radical (unpaired) electrons. The molecule has 3 rings (SSSR count). The van der Waals surface area contributed by atoms with Gasteiger partial charge >= 0.3 is 0 Å². The van der Waals surface area contributed by atoms with Gasteiger partial charge in [0.15, 0.2) is 0 Å². The van der Waals surface area contributed by atoms with Crippen LogP contribution in [0.25, 0.3) is 0 Å². The SMILES string of the molecule is CN(C)CC(C)(O)CNC1CCC2CN(Cc3ccccc3)CC21. The number of fused-ring (bicyclic) bond motifs is 1. The normalized spacial score (nSPS) is 29.8. The zero-order chi connectivity index (χ0) is 17.2. The van der Waals surface area contributed by atoms with Crippen molar-refractivity contribution in [3.05, 3.63) is 35.9 Å². The number of hydrogen-bond donors (Lipinski definition) is 2. The number of likely N-dealkylation sites (N-methyl/N-ethyl adjacent to an activating group) is 1. The molecule has 4 heteroatoms. The van der Waals surface area contributed by atoms with Gasteiger partial charge < -0.3 is 15.3 Å². The van der Waals surface area contributed by atoms with Crippen molar-refractivity contribution in [3.8, 4) is 0 Å². The first-order chi connectivity index (χ1) is 11.4. The smallest absolute Gasteiger partial charge is 0.0869 e. The maximum atomic E-state index is 10.5. The molecular weight excluding hydrogens is 298 g/mol. The molecule has 0 bridgehead atoms. The van der Waals surface area contributed by atoms with Crippen LogP contribution in [0.1, 0.15) is 25.3 Å². The Morgan fingerprint density at radius 3 is 2.67 bits per heavy atom. The minimum absolute atomic E-state index is 0.560. The third-order valence-electron chi connectivity index (χ3n) is 5.58. The van der Waals surface area contributed by atoms with E-state index in [0.29, 0.717) is 19.1 Å². The van der Waals surface area contributed by atoms with Crippen molar-refractivity contribution in [2.45, 2.75) is 38.0 Å². The van der Waals surface area contributed by atoms with E-state index in [4.69, 9.17) is 0 Å². The monoisotopic (exact) mass is 331 g/mol. The zero-order valence-electron chi connectivity index (χ0n) is 15.4. The number of likely N-dealkylation sites (tertiary alicyclic amines) is 1. The molecule has 4 unspecified atom stereocenters.